The van der Waals surface area contributed by atoms with Crippen LogP contribution >= 0.6 is 23.1 Å². The molecule has 0 fully saturated rings. The Hall–Kier alpha value is -2.51. The SMILES string of the molecule is Cc1sc2ncnc(SCC(=O)c3cc(C)n(-c4ccccc4F)c3C)c2c1C. The first-order valence-electron chi connectivity index (χ1n) is 9.19. The molecule has 1 aromatic carbocycles. The molecule has 4 rings (SSSR count). The van der Waals surface area contributed by atoms with E-state index in [9.17, 15) is 9.18 Å². The summed E-state index contributed by atoms with van der Waals surface area (Å²) >= 11 is 3.07. The Morgan fingerprint density at radius 3 is 2.69 bits per heavy atom. The predicted molar refractivity (Wildman–Crippen MR) is 117 cm³/mol. The highest BCUT2D eigenvalue weighted by atomic mass is 32.2. The monoisotopic (exact) mass is 425 g/mol. The van der Waals surface area contributed by atoms with Crippen molar-refractivity contribution < 1.29 is 9.18 Å². The van der Waals surface area contributed by atoms with Gasteiger partial charge in [-0.3, -0.25) is 4.79 Å². The van der Waals surface area contributed by atoms with E-state index in [4.69, 9.17) is 0 Å². The van der Waals surface area contributed by atoms with Crippen LogP contribution in [0.4, 0.5) is 4.39 Å². The van der Waals surface area contributed by atoms with Crippen LogP contribution in [-0.2, 0) is 0 Å². The number of aromatic nitrogens is 3. The van der Waals surface area contributed by atoms with Gasteiger partial charge in [0.2, 0.25) is 0 Å². The van der Waals surface area contributed by atoms with E-state index in [1.807, 2.05) is 19.9 Å². The second-order valence-electron chi connectivity index (χ2n) is 6.93. The first-order chi connectivity index (χ1) is 13.9. The molecule has 0 aliphatic heterocycles. The largest absolute Gasteiger partial charge is 0.315 e. The molecule has 0 N–H and O–H groups in total. The number of carbonyl (C=O) groups excluding carboxylic acids is 1. The maximum Gasteiger partial charge on any atom is 0.174 e. The van der Waals surface area contributed by atoms with Gasteiger partial charge in [0.1, 0.15) is 22.0 Å². The third-order valence-corrected chi connectivity index (χ3v) is 7.20. The maximum absolute atomic E-state index is 14.3. The minimum Gasteiger partial charge on any atom is -0.315 e. The second-order valence-corrected chi connectivity index (χ2v) is 9.09. The average Bonchev–Trinajstić information content (AvgIpc) is 3.16. The molecular weight excluding hydrogens is 405 g/mol. The molecule has 0 unspecified atom stereocenters. The third kappa shape index (κ3) is 3.49. The molecule has 0 bridgehead atoms. The number of carbonyl (C=O) groups is 1. The van der Waals surface area contributed by atoms with Crippen molar-refractivity contribution in [1.82, 2.24) is 14.5 Å². The van der Waals surface area contributed by atoms with Crippen LogP contribution in [0, 0.1) is 33.5 Å². The molecule has 3 aromatic heterocycles. The fraction of sp³-hybridized carbons (Fsp3) is 0.227. The zero-order valence-corrected chi connectivity index (χ0v) is 18.2. The highest BCUT2D eigenvalue weighted by Gasteiger charge is 2.20. The molecule has 0 aliphatic rings. The number of thioether (sulfide) groups is 1. The van der Waals surface area contributed by atoms with Crippen molar-refractivity contribution in [2.24, 2.45) is 0 Å². The van der Waals surface area contributed by atoms with Gasteiger partial charge in [-0.2, -0.15) is 0 Å². The van der Waals surface area contributed by atoms with E-state index >= 15 is 0 Å². The lowest BCUT2D eigenvalue weighted by Crippen LogP contribution is -2.06. The Labute approximate surface area is 176 Å². The van der Waals surface area contributed by atoms with E-state index in [0.717, 1.165) is 26.6 Å². The summed E-state index contributed by atoms with van der Waals surface area (Å²) in [7, 11) is 0. The number of rotatable bonds is 5. The van der Waals surface area contributed by atoms with Crippen LogP contribution < -0.4 is 0 Å². The summed E-state index contributed by atoms with van der Waals surface area (Å²) in [6.45, 7) is 7.87. The summed E-state index contributed by atoms with van der Waals surface area (Å²) in [5.74, 6) is -0.0430. The number of Topliss-reactive ketones (excluding diaryl/α,β-unsaturated/α-hetero) is 1. The molecule has 3 heterocycles. The number of para-hydroxylation sites is 1. The van der Waals surface area contributed by atoms with Crippen molar-refractivity contribution >= 4 is 39.1 Å². The predicted octanol–water partition coefficient (Wildman–Crippen LogP) is 5.83. The van der Waals surface area contributed by atoms with E-state index in [1.54, 1.807) is 40.4 Å². The maximum atomic E-state index is 14.3. The van der Waals surface area contributed by atoms with Crippen LogP contribution in [0.2, 0.25) is 0 Å². The summed E-state index contributed by atoms with van der Waals surface area (Å²) in [6, 6.07) is 8.43. The molecular formula is C22H20FN3OS2. The minimum absolute atomic E-state index is 0.00190. The van der Waals surface area contributed by atoms with Gasteiger partial charge in [0.25, 0.3) is 0 Å². The minimum atomic E-state index is -0.311. The average molecular weight is 426 g/mol. The number of fused-ring (bicyclic) bond motifs is 1. The highest BCUT2D eigenvalue weighted by molar-refractivity contribution is 8.00. The van der Waals surface area contributed by atoms with Crippen LogP contribution in [0.5, 0.6) is 0 Å². The van der Waals surface area contributed by atoms with E-state index in [1.165, 1.54) is 28.3 Å². The first kappa shape index (κ1) is 19.8. The van der Waals surface area contributed by atoms with Crippen molar-refractivity contribution in [2.45, 2.75) is 32.7 Å². The molecule has 0 aliphatic carbocycles. The number of nitrogens with zero attached hydrogens (tertiary/aromatic N) is 3. The summed E-state index contributed by atoms with van der Waals surface area (Å²) in [5, 5.41) is 1.86. The number of benzene rings is 1. The summed E-state index contributed by atoms with van der Waals surface area (Å²) in [6.07, 6.45) is 1.55. The Balaban J connectivity index is 1.62. The standard InChI is InChI=1S/C22H20FN3OS2/c1-12-9-16(14(3)26(12)18-8-6-5-7-17(18)23)19(27)10-28-21-20-13(2)15(4)29-22(20)25-11-24-21/h5-9,11H,10H2,1-4H3. The quantitative estimate of drug-likeness (QED) is 0.229. The number of thiophene rings is 1. The van der Waals surface area contributed by atoms with Crippen molar-refractivity contribution in [1.29, 1.82) is 0 Å². The lowest BCUT2D eigenvalue weighted by molar-refractivity contribution is 0.102. The molecule has 148 valence electrons. The fourth-order valence-electron chi connectivity index (χ4n) is 3.52. The molecule has 0 saturated carbocycles. The van der Waals surface area contributed by atoms with Gasteiger partial charge < -0.3 is 4.57 Å². The Kier molecular flexibility index (Phi) is 5.27. The summed E-state index contributed by atoms with van der Waals surface area (Å²) < 4.78 is 16.1. The number of ketones is 1. The lowest BCUT2D eigenvalue weighted by atomic mass is 10.2. The first-order valence-corrected chi connectivity index (χ1v) is 11.0. The summed E-state index contributed by atoms with van der Waals surface area (Å²) in [5.41, 5.74) is 3.81. The lowest BCUT2D eigenvalue weighted by Gasteiger charge is -2.10. The van der Waals surface area contributed by atoms with Crippen LogP contribution in [0.15, 0.2) is 41.7 Å². The van der Waals surface area contributed by atoms with Gasteiger partial charge in [0.15, 0.2) is 5.78 Å². The van der Waals surface area contributed by atoms with Gasteiger partial charge in [-0.1, -0.05) is 23.9 Å². The normalized spacial score (nSPS) is 11.3. The second kappa shape index (κ2) is 7.72. The zero-order valence-electron chi connectivity index (χ0n) is 16.6. The van der Waals surface area contributed by atoms with Gasteiger partial charge in [-0.25, -0.2) is 14.4 Å². The number of aryl methyl sites for hydroxylation is 3. The number of halogens is 1. The molecule has 0 saturated heterocycles. The molecule has 29 heavy (non-hydrogen) atoms. The van der Waals surface area contributed by atoms with Gasteiger partial charge >= 0.3 is 0 Å². The fourth-order valence-corrected chi connectivity index (χ4v) is 5.52. The van der Waals surface area contributed by atoms with Crippen molar-refractivity contribution in [3.8, 4) is 5.69 Å². The molecule has 0 radical (unpaired) electrons. The highest BCUT2D eigenvalue weighted by Crippen LogP contribution is 2.35. The Morgan fingerprint density at radius 1 is 1.17 bits per heavy atom. The van der Waals surface area contributed by atoms with Crippen molar-refractivity contribution in [3.05, 3.63) is 69.9 Å². The van der Waals surface area contributed by atoms with E-state index in [-0.39, 0.29) is 17.4 Å². The van der Waals surface area contributed by atoms with Gasteiger partial charge in [0, 0.05) is 27.2 Å². The zero-order chi connectivity index (χ0) is 20.7. The molecule has 0 spiro atoms. The van der Waals surface area contributed by atoms with Crippen LogP contribution in [0.1, 0.15) is 32.2 Å². The number of hydrogen-bond donors (Lipinski definition) is 0. The molecule has 0 atom stereocenters. The topological polar surface area (TPSA) is 47.8 Å². The van der Waals surface area contributed by atoms with Crippen LogP contribution in [-0.4, -0.2) is 26.1 Å². The van der Waals surface area contributed by atoms with E-state index < -0.39 is 0 Å². The van der Waals surface area contributed by atoms with Crippen molar-refractivity contribution in [2.75, 3.05) is 5.75 Å². The van der Waals surface area contributed by atoms with Gasteiger partial charge in [-0.05, 0) is 51.5 Å². The van der Waals surface area contributed by atoms with Gasteiger partial charge in [-0.15, -0.1) is 11.3 Å². The van der Waals surface area contributed by atoms with Crippen molar-refractivity contribution in [3.63, 3.8) is 0 Å². The van der Waals surface area contributed by atoms with Crippen LogP contribution in [0.3, 0.4) is 0 Å². The molecule has 4 aromatic rings. The van der Waals surface area contributed by atoms with E-state index in [0.29, 0.717) is 11.3 Å². The summed E-state index contributed by atoms with van der Waals surface area (Å²) in [4.78, 5) is 23.9. The van der Waals surface area contributed by atoms with E-state index in [2.05, 4.69) is 23.8 Å². The smallest absolute Gasteiger partial charge is 0.174 e. The molecule has 7 heteroatoms. The molecule has 0 amide bonds. The van der Waals surface area contributed by atoms with Gasteiger partial charge in [0.05, 0.1) is 11.4 Å². The Morgan fingerprint density at radius 2 is 1.93 bits per heavy atom. The number of hydrogen-bond acceptors (Lipinski definition) is 5. The third-order valence-electron chi connectivity index (χ3n) is 5.10. The van der Waals surface area contributed by atoms with Crippen LogP contribution in [0.25, 0.3) is 15.9 Å². The molecule has 4 nitrogen and oxygen atoms in total. The Bertz CT molecular complexity index is 1240.